The van der Waals surface area contributed by atoms with Gasteiger partial charge in [-0.05, 0) is 70.4 Å². The highest BCUT2D eigenvalue weighted by atomic mass is 32.2. The maximum atomic E-state index is 11.9. The van der Waals surface area contributed by atoms with Crippen LogP contribution in [0.1, 0.15) is 52.1 Å². The van der Waals surface area contributed by atoms with Crippen molar-refractivity contribution in [1.82, 2.24) is 20.6 Å². The third-order valence-electron chi connectivity index (χ3n) is 4.38. The number of ether oxygens (including phenoxy) is 1. The molecule has 3 amide bonds. The van der Waals surface area contributed by atoms with Gasteiger partial charge in [-0.3, -0.25) is 14.9 Å². The molecular formula is C19H25N5O4S. The molecule has 3 rings (SSSR count). The van der Waals surface area contributed by atoms with Gasteiger partial charge >= 0.3 is 6.09 Å². The van der Waals surface area contributed by atoms with Gasteiger partial charge in [0.25, 0.3) is 11.1 Å². The summed E-state index contributed by atoms with van der Waals surface area (Å²) in [4.78, 5) is 43.8. The number of anilines is 1. The normalized spacial score (nSPS) is 23.6. The molecule has 0 aromatic carbocycles. The lowest BCUT2D eigenvalue weighted by Gasteiger charge is -2.30. The Morgan fingerprint density at radius 2 is 1.93 bits per heavy atom. The number of carbonyl (C=O) groups is 3. The first-order chi connectivity index (χ1) is 13.7. The Morgan fingerprint density at radius 3 is 2.55 bits per heavy atom. The van der Waals surface area contributed by atoms with Gasteiger partial charge in [-0.15, -0.1) is 0 Å². The Bertz CT molecular complexity index is 828. The van der Waals surface area contributed by atoms with Crippen molar-refractivity contribution in [2.24, 2.45) is 0 Å². The number of aromatic nitrogens is 2. The summed E-state index contributed by atoms with van der Waals surface area (Å²) in [5, 5.41) is 8.06. The van der Waals surface area contributed by atoms with E-state index in [1.165, 1.54) is 0 Å². The summed E-state index contributed by atoms with van der Waals surface area (Å²) in [5.74, 6) is 0.0570. The van der Waals surface area contributed by atoms with Crippen molar-refractivity contribution >= 4 is 41.0 Å². The van der Waals surface area contributed by atoms with Crippen molar-refractivity contribution < 1.29 is 19.1 Å². The fourth-order valence-corrected chi connectivity index (χ4v) is 3.78. The zero-order valence-corrected chi connectivity index (χ0v) is 17.5. The third kappa shape index (κ3) is 6.45. The number of nitrogens with zero attached hydrogens (tertiary/aromatic N) is 2. The second-order valence-electron chi connectivity index (χ2n) is 8.00. The number of hydrogen-bond donors (Lipinski definition) is 3. The number of nitrogens with one attached hydrogen (secondary N) is 3. The van der Waals surface area contributed by atoms with Crippen LogP contribution in [0.3, 0.4) is 0 Å². The highest BCUT2D eigenvalue weighted by Gasteiger charge is 2.26. The van der Waals surface area contributed by atoms with E-state index in [9.17, 15) is 14.4 Å². The zero-order chi connectivity index (χ0) is 21.0. The molecule has 0 spiro atoms. The summed E-state index contributed by atoms with van der Waals surface area (Å²) in [6.45, 7) is 5.52. The van der Waals surface area contributed by atoms with Crippen LogP contribution in [0.25, 0.3) is 6.08 Å². The molecule has 1 saturated heterocycles. The molecular weight excluding hydrogens is 394 g/mol. The molecule has 1 aliphatic carbocycles. The van der Waals surface area contributed by atoms with E-state index in [1.807, 2.05) is 20.8 Å². The van der Waals surface area contributed by atoms with Crippen molar-refractivity contribution in [3.05, 3.63) is 22.9 Å². The molecule has 2 fully saturated rings. The number of carbonyl (C=O) groups excluding carboxylic acids is 3. The lowest BCUT2D eigenvalue weighted by molar-refractivity contribution is -0.115. The lowest BCUT2D eigenvalue weighted by Crippen LogP contribution is -2.42. The van der Waals surface area contributed by atoms with E-state index in [-0.39, 0.29) is 23.4 Å². The fraction of sp³-hybridized carbons (Fsp3) is 0.526. The SMILES string of the molecule is CC(C)(C)OC(=O)N[C@H]1CC[C@@H](Nc2nccc(/C=C3\SC(=O)NC3=O)n2)CC1. The zero-order valence-electron chi connectivity index (χ0n) is 16.7. The summed E-state index contributed by atoms with van der Waals surface area (Å²) >= 11 is 0.854. The number of hydrogen-bond acceptors (Lipinski definition) is 8. The quantitative estimate of drug-likeness (QED) is 0.637. The van der Waals surface area contributed by atoms with E-state index < -0.39 is 11.5 Å². The van der Waals surface area contributed by atoms with Crippen LogP contribution in [0, 0.1) is 0 Å². The van der Waals surface area contributed by atoms with Gasteiger partial charge in [0.1, 0.15) is 5.60 Å². The van der Waals surface area contributed by atoms with Gasteiger partial charge in [0.2, 0.25) is 5.95 Å². The standard InChI is InChI=1S/C19H25N5O4S/c1-19(2,3)28-17(26)23-12-6-4-11(5-7-12)21-16-20-9-8-13(22-16)10-14-15(25)24-18(27)29-14/h8-12H,4-7H2,1-3H3,(H,23,26)(H,20,21,22)(H,24,25,27)/b14-10-/t11-,12+. The van der Waals surface area contributed by atoms with Crippen LogP contribution < -0.4 is 16.0 Å². The van der Waals surface area contributed by atoms with Crippen LogP contribution in [-0.4, -0.2) is 44.9 Å². The summed E-state index contributed by atoms with van der Waals surface area (Å²) in [5.41, 5.74) is 0.0426. The van der Waals surface area contributed by atoms with Gasteiger partial charge < -0.3 is 15.4 Å². The van der Waals surface area contributed by atoms with Crippen molar-refractivity contribution in [3.8, 4) is 0 Å². The average molecular weight is 420 g/mol. The maximum Gasteiger partial charge on any atom is 0.407 e. The largest absolute Gasteiger partial charge is 0.444 e. The van der Waals surface area contributed by atoms with Gasteiger partial charge in [-0.1, -0.05) is 0 Å². The highest BCUT2D eigenvalue weighted by molar-refractivity contribution is 8.18. The Hall–Kier alpha value is -2.62. The first-order valence-corrected chi connectivity index (χ1v) is 10.3. The van der Waals surface area contributed by atoms with E-state index in [2.05, 4.69) is 25.9 Å². The number of amides is 3. The smallest absolute Gasteiger partial charge is 0.407 e. The number of rotatable bonds is 4. The van der Waals surface area contributed by atoms with Gasteiger partial charge in [-0.25, -0.2) is 14.8 Å². The topological polar surface area (TPSA) is 122 Å². The number of imide groups is 1. The summed E-state index contributed by atoms with van der Waals surface area (Å²) < 4.78 is 5.30. The molecule has 0 atom stereocenters. The Morgan fingerprint density at radius 1 is 1.24 bits per heavy atom. The molecule has 1 aromatic rings. The minimum atomic E-state index is -0.508. The highest BCUT2D eigenvalue weighted by Crippen LogP contribution is 2.25. The van der Waals surface area contributed by atoms with Crippen molar-refractivity contribution in [2.45, 2.75) is 64.1 Å². The molecule has 0 radical (unpaired) electrons. The van der Waals surface area contributed by atoms with Crippen molar-refractivity contribution in [2.75, 3.05) is 5.32 Å². The van der Waals surface area contributed by atoms with Gasteiger partial charge in [0.15, 0.2) is 0 Å². The van der Waals surface area contributed by atoms with Crippen LogP contribution in [0.5, 0.6) is 0 Å². The molecule has 156 valence electrons. The molecule has 9 nitrogen and oxygen atoms in total. The molecule has 1 aromatic heterocycles. The average Bonchev–Trinajstić information content (AvgIpc) is 2.92. The summed E-state index contributed by atoms with van der Waals surface area (Å²) in [6, 6.07) is 1.96. The predicted octanol–water partition coefficient (Wildman–Crippen LogP) is 3.05. The van der Waals surface area contributed by atoms with E-state index in [0.717, 1.165) is 37.4 Å². The minimum absolute atomic E-state index is 0.0929. The van der Waals surface area contributed by atoms with Gasteiger partial charge in [-0.2, -0.15) is 0 Å². The third-order valence-corrected chi connectivity index (χ3v) is 5.19. The predicted molar refractivity (Wildman–Crippen MR) is 110 cm³/mol. The summed E-state index contributed by atoms with van der Waals surface area (Å²) in [6.07, 6.45) is 6.18. The van der Waals surface area contributed by atoms with Crippen LogP contribution in [0.2, 0.25) is 0 Å². The molecule has 1 aliphatic heterocycles. The Labute approximate surface area is 173 Å². The van der Waals surface area contributed by atoms with Crippen molar-refractivity contribution in [3.63, 3.8) is 0 Å². The molecule has 3 N–H and O–H groups in total. The monoisotopic (exact) mass is 419 g/mol. The molecule has 2 heterocycles. The second kappa shape index (κ2) is 8.81. The minimum Gasteiger partial charge on any atom is -0.444 e. The van der Waals surface area contributed by atoms with E-state index in [0.29, 0.717) is 16.5 Å². The molecule has 1 saturated carbocycles. The first-order valence-electron chi connectivity index (χ1n) is 9.52. The first kappa shape index (κ1) is 21.1. The lowest BCUT2D eigenvalue weighted by atomic mass is 9.91. The van der Waals surface area contributed by atoms with Crippen LogP contribution >= 0.6 is 11.8 Å². The molecule has 2 aliphatic rings. The van der Waals surface area contributed by atoms with E-state index in [4.69, 9.17) is 4.74 Å². The Kier molecular flexibility index (Phi) is 6.41. The van der Waals surface area contributed by atoms with Crippen LogP contribution in [0.15, 0.2) is 17.2 Å². The number of thioether (sulfide) groups is 1. The molecule has 10 heteroatoms. The van der Waals surface area contributed by atoms with Crippen LogP contribution in [0.4, 0.5) is 15.5 Å². The molecule has 0 bridgehead atoms. The molecule has 29 heavy (non-hydrogen) atoms. The summed E-state index contributed by atoms with van der Waals surface area (Å²) in [7, 11) is 0. The molecule has 0 unspecified atom stereocenters. The number of alkyl carbamates (subject to hydrolysis) is 1. The Balaban J connectivity index is 1.51. The van der Waals surface area contributed by atoms with Gasteiger partial charge in [0, 0.05) is 18.3 Å². The van der Waals surface area contributed by atoms with Crippen LogP contribution in [-0.2, 0) is 9.53 Å². The fourth-order valence-electron chi connectivity index (χ4n) is 3.12. The van der Waals surface area contributed by atoms with E-state index >= 15 is 0 Å². The second-order valence-corrected chi connectivity index (χ2v) is 9.01. The van der Waals surface area contributed by atoms with Crippen molar-refractivity contribution in [1.29, 1.82) is 0 Å². The van der Waals surface area contributed by atoms with Gasteiger partial charge in [0.05, 0.1) is 10.6 Å². The maximum absolute atomic E-state index is 11.9. The van der Waals surface area contributed by atoms with E-state index in [1.54, 1.807) is 18.3 Å².